The average molecular weight is 339 g/mol. The van der Waals surface area contributed by atoms with Crippen molar-refractivity contribution in [2.24, 2.45) is 5.92 Å². The molecule has 2 aromatic carbocycles. The number of para-hydroxylation sites is 2. The predicted octanol–water partition coefficient (Wildman–Crippen LogP) is 5.06. The van der Waals surface area contributed by atoms with Crippen molar-refractivity contribution in [2.45, 2.75) is 39.5 Å². The Morgan fingerprint density at radius 2 is 1.68 bits per heavy atom. The Kier molecular flexibility index (Phi) is 7.20. The summed E-state index contributed by atoms with van der Waals surface area (Å²) in [5.74, 6) is -0.205. The minimum absolute atomic E-state index is 0.113. The van der Waals surface area contributed by atoms with Crippen molar-refractivity contribution in [3.05, 3.63) is 60.2 Å². The molecule has 4 nitrogen and oxygen atoms in total. The number of rotatable bonds is 8. The lowest BCUT2D eigenvalue weighted by Crippen LogP contribution is -2.21. The lowest BCUT2D eigenvalue weighted by Gasteiger charge is -2.16. The number of hydrogen-bond acceptors (Lipinski definition) is 3. The van der Waals surface area contributed by atoms with Gasteiger partial charge in [0.1, 0.15) is 0 Å². The highest BCUT2D eigenvalue weighted by atomic mass is 16.5. The molecular formula is C21H25NO3. The molecule has 0 bridgehead atoms. The molecule has 0 radical (unpaired) electrons. The van der Waals surface area contributed by atoms with Gasteiger partial charge < -0.3 is 10.1 Å². The number of unbranched alkanes of at least 4 members (excludes halogenated alkanes) is 1. The third-order valence-electron chi connectivity index (χ3n) is 4.11. The third kappa shape index (κ3) is 5.45. The first-order valence-corrected chi connectivity index (χ1v) is 8.82. The van der Waals surface area contributed by atoms with E-state index in [-0.39, 0.29) is 17.8 Å². The van der Waals surface area contributed by atoms with Crippen molar-refractivity contribution in [3.63, 3.8) is 0 Å². The number of nitrogens with one attached hydrogen (secondary N) is 1. The Hall–Kier alpha value is -2.62. The van der Waals surface area contributed by atoms with Gasteiger partial charge in [-0.15, -0.1) is 0 Å². The van der Waals surface area contributed by atoms with E-state index in [0.717, 1.165) is 25.7 Å². The summed E-state index contributed by atoms with van der Waals surface area (Å²) in [6.45, 7) is 4.09. The molecule has 0 saturated heterocycles. The van der Waals surface area contributed by atoms with E-state index in [4.69, 9.17) is 4.74 Å². The fraction of sp³-hybridized carbons (Fsp3) is 0.333. The van der Waals surface area contributed by atoms with E-state index in [1.807, 2.05) is 13.0 Å². The summed E-state index contributed by atoms with van der Waals surface area (Å²) in [5.41, 5.74) is 1.05. The number of carbonyl (C=O) groups is 2. The van der Waals surface area contributed by atoms with Gasteiger partial charge in [0.15, 0.2) is 5.75 Å². The number of anilines is 1. The van der Waals surface area contributed by atoms with Crippen molar-refractivity contribution >= 4 is 17.6 Å². The van der Waals surface area contributed by atoms with E-state index in [2.05, 4.69) is 12.2 Å². The molecule has 2 rings (SSSR count). The molecule has 0 heterocycles. The fourth-order valence-electron chi connectivity index (χ4n) is 2.57. The van der Waals surface area contributed by atoms with Crippen molar-refractivity contribution in [1.29, 1.82) is 0 Å². The standard InChI is InChI=1S/C21H25NO3/c1-3-5-11-16(4-2)21(24)25-19-15-10-9-14-18(19)22-20(23)17-12-7-6-8-13-17/h6-10,12-16H,3-5,11H2,1-2H3,(H,22,23)/t16-/m1/s1. The number of hydrogen-bond donors (Lipinski definition) is 1. The summed E-state index contributed by atoms with van der Waals surface area (Å²) in [6.07, 6.45) is 3.62. The van der Waals surface area contributed by atoms with E-state index in [0.29, 0.717) is 17.0 Å². The Bertz CT molecular complexity index is 697. The number of amides is 1. The highest BCUT2D eigenvalue weighted by Gasteiger charge is 2.20. The summed E-state index contributed by atoms with van der Waals surface area (Å²) in [6, 6.07) is 16.0. The van der Waals surface area contributed by atoms with Gasteiger partial charge in [0.05, 0.1) is 11.6 Å². The SMILES string of the molecule is CCCC[C@@H](CC)C(=O)Oc1ccccc1NC(=O)c1ccccc1. The summed E-state index contributed by atoms with van der Waals surface area (Å²) in [7, 11) is 0. The smallest absolute Gasteiger partial charge is 0.314 e. The molecular weight excluding hydrogens is 314 g/mol. The first kappa shape index (κ1) is 18.7. The maximum absolute atomic E-state index is 12.4. The van der Waals surface area contributed by atoms with Crippen LogP contribution in [0.2, 0.25) is 0 Å². The molecule has 1 atom stereocenters. The molecule has 0 aliphatic rings. The number of carbonyl (C=O) groups excluding carboxylic acids is 2. The van der Waals surface area contributed by atoms with Gasteiger partial charge in [-0.1, -0.05) is 57.0 Å². The maximum Gasteiger partial charge on any atom is 0.314 e. The topological polar surface area (TPSA) is 55.4 Å². The third-order valence-corrected chi connectivity index (χ3v) is 4.11. The molecule has 132 valence electrons. The maximum atomic E-state index is 12.4. The first-order valence-electron chi connectivity index (χ1n) is 8.82. The highest BCUT2D eigenvalue weighted by molar-refractivity contribution is 6.05. The molecule has 2 aromatic rings. The molecule has 0 aliphatic carbocycles. The molecule has 1 N–H and O–H groups in total. The van der Waals surface area contributed by atoms with Crippen LogP contribution >= 0.6 is 0 Å². The fourth-order valence-corrected chi connectivity index (χ4v) is 2.57. The molecule has 1 amide bonds. The van der Waals surface area contributed by atoms with Crippen molar-refractivity contribution in [2.75, 3.05) is 5.32 Å². The van der Waals surface area contributed by atoms with E-state index in [1.165, 1.54) is 0 Å². The van der Waals surface area contributed by atoms with Gasteiger partial charge in [-0.3, -0.25) is 9.59 Å². The van der Waals surface area contributed by atoms with E-state index < -0.39 is 0 Å². The van der Waals surface area contributed by atoms with Crippen molar-refractivity contribution in [1.82, 2.24) is 0 Å². The van der Waals surface area contributed by atoms with Crippen LogP contribution in [-0.2, 0) is 4.79 Å². The van der Waals surface area contributed by atoms with E-state index >= 15 is 0 Å². The highest BCUT2D eigenvalue weighted by Crippen LogP contribution is 2.26. The van der Waals surface area contributed by atoms with Gasteiger partial charge in [-0.2, -0.15) is 0 Å². The summed E-state index contributed by atoms with van der Waals surface area (Å²) in [5, 5.41) is 2.82. The molecule has 25 heavy (non-hydrogen) atoms. The van der Waals surface area contributed by atoms with Crippen LogP contribution in [-0.4, -0.2) is 11.9 Å². The van der Waals surface area contributed by atoms with E-state index in [9.17, 15) is 9.59 Å². The molecule has 0 aromatic heterocycles. The molecule has 0 aliphatic heterocycles. The van der Waals surface area contributed by atoms with Crippen LogP contribution in [0.5, 0.6) is 5.75 Å². The second-order valence-corrected chi connectivity index (χ2v) is 5.98. The van der Waals surface area contributed by atoms with Crippen molar-refractivity contribution < 1.29 is 14.3 Å². The number of benzene rings is 2. The van der Waals surface area contributed by atoms with Crippen LogP contribution in [0.15, 0.2) is 54.6 Å². The van der Waals surface area contributed by atoms with Gasteiger partial charge in [-0.05, 0) is 37.1 Å². The molecule has 0 unspecified atom stereocenters. The van der Waals surface area contributed by atoms with Crippen molar-refractivity contribution in [3.8, 4) is 5.75 Å². The van der Waals surface area contributed by atoms with E-state index in [1.54, 1.807) is 48.5 Å². The van der Waals surface area contributed by atoms with Gasteiger partial charge in [0.25, 0.3) is 5.91 Å². The van der Waals surface area contributed by atoms with Crippen LogP contribution in [0.4, 0.5) is 5.69 Å². The Morgan fingerprint density at radius 1 is 1.00 bits per heavy atom. The molecule has 0 fully saturated rings. The minimum Gasteiger partial charge on any atom is -0.424 e. The quantitative estimate of drug-likeness (QED) is 0.540. The minimum atomic E-state index is -0.239. The van der Waals surface area contributed by atoms with Gasteiger partial charge in [0, 0.05) is 5.56 Å². The largest absolute Gasteiger partial charge is 0.424 e. The monoisotopic (exact) mass is 339 g/mol. The lowest BCUT2D eigenvalue weighted by atomic mass is 10.00. The summed E-state index contributed by atoms with van der Waals surface area (Å²) < 4.78 is 5.58. The lowest BCUT2D eigenvalue weighted by molar-refractivity contribution is -0.139. The van der Waals surface area contributed by atoms with Crippen LogP contribution in [0.25, 0.3) is 0 Å². The van der Waals surface area contributed by atoms with Crippen LogP contribution in [0.3, 0.4) is 0 Å². The van der Waals surface area contributed by atoms with Gasteiger partial charge in [-0.25, -0.2) is 0 Å². The second-order valence-electron chi connectivity index (χ2n) is 5.98. The molecule has 0 spiro atoms. The average Bonchev–Trinajstić information content (AvgIpc) is 2.64. The number of esters is 1. The van der Waals surface area contributed by atoms with Crippen LogP contribution < -0.4 is 10.1 Å². The van der Waals surface area contributed by atoms with Gasteiger partial charge in [0.2, 0.25) is 0 Å². The zero-order chi connectivity index (χ0) is 18.1. The van der Waals surface area contributed by atoms with Crippen LogP contribution in [0, 0.1) is 5.92 Å². The Morgan fingerprint density at radius 3 is 2.36 bits per heavy atom. The summed E-state index contributed by atoms with van der Waals surface area (Å²) in [4.78, 5) is 24.8. The zero-order valence-electron chi connectivity index (χ0n) is 14.8. The molecule has 4 heteroatoms. The zero-order valence-corrected chi connectivity index (χ0v) is 14.8. The Labute approximate surface area is 149 Å². The second kappa shape index (κ2) is 9.62. The van der Waals surface area contributed by atoms with Crippen LogP contribution in [0.1, 0.15) is 49.9 Å². The predicted molar refractivity (Wildman–Crippen MR) is 99.8 cm³/mol. The number of ether oxygens (including phenoxy) is 1. The first-order chi connectivity index (χ1) is 12.2. The summed E-state index contributed by atoms with van der Waals surface area (Å²) >= 11 is 0. The molecule has 0 saturated carbocycles. The normalized spacial score (nSPS) is 11.6. The van der Waals surface area contributed by atoms with Gasteiger partial charge >= 0.3 is 5.97 Å². The Balaban J connectivity index is 2.09.